The number of hydrogen-bond acceptors (Lipinski definition) is 5. The molecule has 0 unspecified atom stereocenters. The summed E-state index contributed by atoms with van der Waals surface area (Å²) < 4.78 is 5.52. The third-order valence-corrected chi connectivity index (χ3v) is 3.27. The molecule has 0 radical (unpaired) electrons. The van der Waals surface area contributed by atoms with E-state index < -0.39 is 4.92 Å². The molecule has 0 aliphatic heterocycles. The number of guanidine groups is 1. The van der Waals surface area contributed by atoms with Crippen molar-refractivity contribution in [3.8, 4) is 0 Å². The normalized spacial score (nSPS) is 11.0. The SMILES string of the molecule is CN=C(NCCCOCC(C)C)NCCNc1ccccc1[N+](=O)[O-].I. The Labute approximate surface area is 172 Å². The van der Waals surface area contributed by atoms with E-state index in [0.717, 1.165) is 26.2 Å². The van der Waals surface area contributed by atoms with Gasteiger partial charge in [-0.15, -0.1) is 24.0 Å². The van der Waals surface area contributed by atoms with Gasteiger partial charge < -0.3 is 20.7 Å². The second-order valence-corrected chi connectivity index (χ2v) is 5.95. The molecule has 0 bridgehead atoms. The largest absolute Gasteiger partial charge is 0.381 e. The fraction of sp³-hybridized carbons (Fsp3) is 0.588. The first-order valence-electron chi connectivity index (χ1n) is 8.54. The maximum Gasteiger partial charge on any atom is 0.292 e. The highest BCUT2D eigenvalue weighted by molar-refractivity contribution is 14.0. The van der Waals surface area contributed by atoms with Crippen LogP contribution >= 0.6 is 24.0 Å². The molecule has 0 aromatic heterocycles. The van der Waals surface area contributed by atoms with E-state index in [-0.39, 0.29) is 29.7 Å². The van der Waals surface area contributed by atoms with Gasteiger partial charge in [0.15, 0.2) is 5.96 Å². The van der Waals surface area contributed by atoms with Crippen LogP contribution in [0, 0.1) is 16.0 Å². The standard InChI is InChI=1S/C17H29N5O3.HI/c1-14(2)13-25-12-6-9-20-17(18-3)21-11-10-19-15-7-4-5-8-16(15)22(23)24;/h4-5,7-8,14,19H,6,9-13H2,1-3H3,(H2,18,20,21);1H. The number of nitrogens with zero attached hydrogens (tertiary/aromatic N) is 2. The van der Waals surface area contributed by atoms with Crippen LogP contribution < -0.4 is 16.0 Å². The predicted molar refractivity (Wildman–Crippen MR) is 117 cm³/mol. The van der Waals surface area contributed by atoms with Crippen LogP contribution in [0.4, 0.5) is 11.4 Å². The summed E-state index contributed by atoms with van der Waals surface area (Å²) in [6.45, 7) is 7.67. The monoisotopic (exact) mass is 479 g/mol. The maximum atomic E-state index is 11.0. The molecule has 0 atom stereocenters. The number of nitro benzene ring substituents is 1. The van der Waals surface area contributed by atoms with E-state index in [1.165, 1.54) is 6.07 Å². The fourth-order valence-corrected chi connectivity index (χ4v) is 2.08. The van der Waals surface area contributed by atoms with Crippen molar-refractivity contribution in [3.63, 3.8) is 0 Å². The Morgan fingerprint density at radius 3 is 2.58 bits per heavy atom. The molecule has 0 amide bonds. The van der Waals surface area contributed by atoms with E-state index >= 15 is 0 Å². The number of ether oxygens (including phenoxy) is 1. The summed E-state index contributed by atoms with van der Waals surface area (Å²) in [5.41, 5.74) is 0.589. The van der Waals surface area contributed by atoms with Gasteiger partial charge in [0.1, 0.15) is 5.69 Å². The molecule has 0 spiro atoms. The molecule has 148 valence electrons. The molecule has 26 heavy (non-hydrogen) atoms. The number of benzene rings is 1. The number of anilines is 1. The lowest BCUT2D eigenvalue weighted by atomic mass is 10.2. The summed E-state index contributed by atoms with van der Waals surface area (Å²) in [5, 5.41) is 20.4. The molecule has 0 aliphatic carbocycles. The van der Waals surface area contributed by atoms with Gasteiger partial charge in [0.2, 0.25) is 0 Å². The fourth-order valence-electron chi connectivity index (χ4n) is 2.08. The zero-order valence-corrected chi connectivity index (χ0v) is 18.0. The quantitative estimate of drug-likeness (QED) is 0.113. The van der Waals surface area contributed by atoms with Crippen LogP contribution in [-0.4, -0.2) is 50.8 Å². The van der Waals surface area contributed by atoms with E-state index in [1.54, 1.807) is 25.2 Å². The van der Waals surface area contributed by atoms with Gasteiger partial charge in [-0.25, -0.2) is 0 Å². The molecular weight excluding hydrogens is 449 g/mol. The van der Waals surface area contributed by atoms with Gasteiger partial charge in [-0.1, -0.05) is 26.0 Å². The molecule has 0 saturated carbocycles. The van der Waals surface area contributed by atoms with Crippen LogP contribution in [0.1, 0.15) is 20.3 Å². The number of halogens is 1. The van der Waals surface area contributed by atoms with Gasteiger partial charge in [-0.2, -0.15) is 0 Å². The molecule has 0 heterocycles. The van der Waals surface area contributed by atoms with Crippen molar-refractivity contribution in [2.24, 2.45) is 10.9 Å². The Hall–Kier alpha value is -1.62. The average Bonchev–Trinajstić information content (AvgIpc) is 2.59. The number of nitro groups is 1. The number of nitrogens with one attached hydrogen (secondary N) is 3. The van der Waals surface area contributed by atoms with Gasteiger partial charge in [-0.05, 0) is 18.4 Å². The van der Waals surface area contributed by atoms with E-state index in [2.05, 4.69) is 34.8 Å². The third-order valence-electron chi connectivity index (χ3n) is 3.27. The topological polar surface area (TPSA) is 101 Å². The van der Waals surface area contributed by atoms with E-state index in [0.29, 0.717) is 30.7 Å². The van der Waals surface area contributed by atoms with E-state index in [9.17, 15) is 10.1 Å². The molecule has 9 heteroatoms. The summed E-state index contributed by atoms with van der Waals surface area (Å²) in [4.78, 5) is 14.7. The minimum atomic E-state index is -0.391. The van der Waals surface area contributed by atoms with Gasteiger partial charge in [-0.3, -0.25) is 15.1 Å². The Morgan fingerprint density at radius 1 is 1.23 bits per heavy atom. The summed E-state index contributed by atoms with van der Waals surface area (Å²) in [6, 6.07) is 6.60. The van der Waals surface area contributed by atoms with Crippen LogP contribution in [0.5, 0.6) is 0 Å². The molecular formula is C17H30IN5O3. The third kappa shape index (κ3) is 10.4. The lowest BCUT2D eigenvalue weighted by molar-refractivity contribution is -0.384. The maximum absolute atomic E-state index is 11.0. The van der Waals surface area contributed by atoms with Gasteiger partial charge >= 0.3 is 0 Å². The predicted octanol–water partition coefficient (Wildman–Crippen LogP) is 2.85. The first kappa shape index (κ1) is 24.4. The molecule has 0 fully saturated rings. The van der Waals surface area contributed by atoms with Crippen LogP contribution in [0.2, 0.25) is 0 Å². The summed E-state index contributed by atoms with van der Waals surface area (Å²) in [7, 11) is 1.71. The van der Waals surface area contributed by atoms with E-state index in [1.807, 2.05) is 0 Å². The first-order chi connectivity index (χ1) is 12.0. The van der Waals surface area contributed by atoms with Crippen molar-refractivity contribution >= 4 is 41.3 Å². The highest BCUT2D eigenvalue weighted by Crippen LogP contribution is 2.22. The Bertz CT molecular complexity index is 555. The van der Waals surface area contributed by atoms with Crippen molar-refractivity contribution in [1.82, 2.24) is 10.6 Å². The highest BCUT2D eigenvalue weighted by atomic mass is 127. The van der Waals surface area contributed by atoms with Gasteiger partial charge in [0.25, 0.3) is 5.69 Å². The Balaban J connectivity index is 0.00000625. The molecule has 1 rings (SSSR count). The van der Waals surface area contributed by atoms with Crippen molar-refractivity contribution in [2.45, 2.75) is 20.3 Å². The number of para-hydroxylation sites is 2. The number of aliphatic imine (C=N–C) groups is 1. The first-order valence-corrected chi connectivity index (χ1v) is 8.54. The summed E-state index contributed by atoms with van der Waals surface area (Å²) in [5.74, 6) is 1.25. The van der Waals surface area contributed by atoms with Crippen molar-refractivity contribution in [3.05, 3.63) is 34.4 Å². The lowest BCUT2D eigenvalue weighted by Gasteiger charge is -2.13. The summed E-state index contributed by atoms with van der Waals surface area (Å²) in [6.07, 6.45) is 0.905. The highest BCUT2D eigenvalue weighted by Gasteiger charge is 2.11. The average molecular weight is 479 g/mol. The van der Waals surface area contributed by atoms with Crippen LogP contribution in [0.15, 0.2) is 29.3 Å². The zero-order chi connectivity index (χ0) is 18.5. The Kier molecular flexibility index (Phi) is 13.6. The molecule has 8 nitrogen and oxygen atoms in total. The second-order valence-electron chi connectivity index (χ2n) is 5.95. The molecule has 3 N–H and O–H groups in total. The van der Waals surface area contributed by atoms with Gasteiger partial charge in [0, 0.05) is 46.0 Å². The molecule has 0 saturated heterocycles. The molecule has 1 aromatic rings. The summed E-state index contributed by atoms with van der Waals surface area (Å²) >= 11 is 0. The Morgan fingerprint density at radius 2 is 1.92 bits per heavy atom. The smallest absolute Gasteiger partial charge is 0.292 e. The van der Waals surface area contributed by atoms with Crippen molar-refractivity contribution in [1.29, 1.82) is 0 Å². The van der Waals surface area contributed by atoms with Crippen LogP contribution in [0.3, 0.4) is 0 Å². The van der Waals surface area contributed by atoms with Crippen molar-refractivity contribution in [2.75, 3.05) is 45.2 Å². The second kappa shape index (κ2) is 14.5. The van der Waals surface area contributed by atoms with Crippen molar-refractivity contribution < 1.29 is 9.66 Å². The molecule has 1 aromatic carbocycles. The molecule has 0 aliphatic rings. The minimum Gasteiger partial charge on any atom is -0.381 e. The lowest BCUT2D eigenvalue weighted by Crippen LogP contribution is -2.40. The van der Waals surface area contributed by atoms with Crippen LogP contribution in [0.25, 0.3) is 0 Å². The van der Waals surface area contributed by atoms with Crippen LogP contribution in [-0.2, 0) is 4.74 Å². The number of rotatable bonds is 11. The number of hydrogen-bond donors (Lipinski definition) is 3. The minimum absolute atomic E-state index is 0. The van der Waals surface area contributed by atoms with Gasteiger partial charge in [0.05, 0.1) is 4.92 Å². The van der Waals surface area contributed by atoms with E-state index in [4.69, 9.17) is 4.74 Å². The zero-order valence-electron chi connectivity index (χ0n) is 15.7.